The topological polar surface area (TPSA) is 129 Å². The van der Waals surface area contributed by atoms with Crippen LogP contribution in [-0.4, -0.2) is 56.7 Å². The molecule has 206 valence electrons. The SMILES string of the molecule is COC(=O)[C@]1(Cc2ccc3nc([C@@H](N)C4CCC(C)CC4)cn3n2)C(=O)N(C(=O)OC(C)(C)C)C[C@H]2C[C@@H]21. The maximum atomic E-state index is 13.8. The fourth-order valence-electron chi connectivity index (χ4n) is 6.31. The molecule has 3 heterocycles. The van der Waals surface area contributed by atoms with Crippen molar-refractivity contribution >= 4 is 23.6 Å². The third kappa shape index (κ3) is 4.79. The van der Waals surface area contributed by atoms with Gasteiger partial charge in [0.25, 0.3) is 0 Å². The lowest BCUT2D eigenvalue weighted by Gasteiger charge is -2.38. The van der Waals surface area contributed by atoms with Gasteiger partial charge in [-0.2, -0.15) is 5.10 Å². The summed E-state index contributed by atoms with van der Waals surface area (Å²) in [6.07, 6.45) is 6.34. The molecule has 3 fully saturated rings. The number of ether oxygens (including phenoxy) is 2. The Morgan fingerprint density at radius 2 is 1.92 bits per heavy atom. The van der Waals surface area contributed by atoms with Crippen molar-refractivity contribution in [2.45, 2.75) is 77.9 Å². The summed E-state index contributed by atoms with van der Waals surface area (Å²) in [6.45, 7) is 7.75. The van der Waals surface area contributed by atoms with Gasteiger partial charge in [0.05, 0.1) is 30.7 Å². The fourth-order valence-corrected chi connectivity index (χ4v) is 6.31. The highest BCUT2D eigenvalue weighted by molar-refractivity contribution is 6.09. The molecule has 5 rings (SSSR count). The van der Waals surface area contributed by atoms with Gasteiger partial charge in [-0.15, -0.1) is 0 Å². The van der Waals surface area contributed by atoms with E-state index >= 15 is 0 Å². The molecular weight excluding hydrogens is 486 g/mol. The molecule has 0 radical (unpaired) electrons. The molecule has 0 bridgehead atoms. The van der Waals surface area contributed by atoms with Crippen LogP contribution in [0.15, 0.2) is 18.3 Å². The predicted octanol–water partition coefficient (Wildman–Crippen LogP) is 3.67. The molecule has 2 aromatic rings. The first-order chi connectivity index (χ1) is 17.9. The minimum atomic E-state index is -1.53. The zero-order valence-corrected chi connectivity index (χ0v) is 23.0. The number of carbonyl (C=O) groups excluding carboxylic acids is 3. The van der Waals surface area contributed by atoms with Gasteiger partial charge in [0.15, 0.2) is 11.1 Å². The first-order valence-corrected chi connectivity index (χ1v) is 13.7. The van der Waals surface area contributed by atoms with E-state index in [1.54, 1.807) is 31.4 Å². The number of aromatic nitrogens is 3. The zero-order chi connectivity index (χ0) is 27.4. The maximum absolute atomic E-state index is 13.8. The first-order valence-electron chi connectivity index (χ1n) is 13.7. The van der Waals surface area contributed by atoms with Crippen LogP contribution >= 0.6 is 0 Å². The number of rotatable bonds is 5. The third-order valence-electron chi connectivity index (χ3n) is 8.53. The lowest BCUT2D eigenvalue weighted by Crippen LogP contribution is -2.58. The van der Waals surface area contributed by atoms with Crippen molar-refractivity contribution in [3.8, 4) is 0 Å². The predicted molar refractivity (Wildman–Crippen MR) is 139 cm³/mol. The van der Waals surface area contributed by atoms with E-state index in [1.807, 2.05) is 12.3 Å². The number of hydrogen-bond donors (Lipinski definition) is 1. The van der Waals surface area contributed by atoms with Crippen molar-refractivity contribution in [3.63, 3.8) is 0 Å². The van der Waals surface area contributed by atoms with Crippen LogP contribution in [0.25, 0.3) is 5.65 Å². The molecule has 2 saturated carbocycles. The van der Waals surface area contributed by atoms with Crippen LogP contribution in [0.3, 0.4) is 0 Å². The van der Waals surface area contributed by atoms with Gasteiger partial charge in [0.2, 0.25) is 5.91 Å². The molecule has 0 aromatic carbocycles. The number of piperidine rings is 1. The summed E-state index contributed by atoms with van der Waals surface area (Å²) in [5, 5.41) is 4.71. The summed E-state index contributed by atoms with van der Waals surface area (Å²) in [5.41, 5.74) is 6.30. The third-order valence-corrected chi connectivity index (χ3v) is 8.53. The number of esters is 1. The highest BCUT2D eigenvalue weighted by Crippen LogP contribution is 2.57. The molecule has 10 nitrogen and oxygen atoms in total. The number of likely N-dealkylation sites (tertiary alicyclic amines) is 1. The van der Waals surface area contributed by atoms with Gasteiger partial charge >= 0.3 is 12.1 Å². The monoisotopic (exact) mass is 525 g/mol. The van der Waals surface area contributed by atoms with Crippen molar-refractivity contribution in [1.29, 1.82) is 0 Å². The Hall–Kier alpha value is -3.01. The minimum absolute atomic E-state index is 0.0228. The van der Waals surface area contributed by atoms with Crippen LogP contribution in [-0.2, 0) is 25.5 Å². The standard InChI is InChI=1S/C28H39N5O5/c1-16-6-8-17(9-7-16)23(29)21-15-33-22(30-21)11-10-19(31-33)13-28(25(35)37-5)20-12-18(20)14-32(24(28)34)26(36)38-27(2,3)4/h10-11,15-18,20,23H,6-9,12-14,29H2,1-5H3/t16?,17?,18-,20+,23+,28+/m1/s1. The largest absolute Gasteiger partial charge is 0.468 e. The fraction of sp³-hybridized carbons (Fsp3) is 0.679. The van der Waals surface area contributed by atoms with E-state index < -0.39 is 29.0 Å². The number of amides is 2. The van der Waals surface area contributed by atoms with Crippen LogP contribution in [0.2, 0.25) is 0 Å². The van der Waals surface area contributed by atoms with Crippen LogP contribution in [0.1, 0.15) is 77.2 Å². The Morgan fingerprint density at radius 1 is 1.21 bits per heavy atom. The van der Waals surface area contributed by atoms with Gasteiger partial charge in [0.1, 0.15) is 5.60 Å². The average molecular weight is 526 g/mol. The van der Waals surface area contributed by atoms with Gasteiger partial charge in [-0.3, -0.25) is 9.59 Å². The Bertz CT molecular complexity index is 1240. The van der Waals surface area contributed by atoms with E-state index in [1.165, 1.54) is 20.0 Å². The smallest absolute Gasteiger partial charge is 0.417 e. The number of nitrogens with zero attached hydrogens (tertiary/aromatic N) is 4. The van der Waals surface area contributed by atoms with Gasteiger partial charge in [-0.1, -0.05) is 19.8 Å². The van der Waals surface area contributed by atoms with Crippen LogP contribution in [0.4, 0.5) is 4.79 Å². The summed E-state index contributed by atoms with van der Waals surface area (Å²) in [5.74, 6) is -0.281. The summed E-state index contributed by atoms with van der Waals surface area (Å²) < 4.78 is 12.3. The number of imide groups is 1. The maximum Gasteiger partial charge on any atom is 0.417 e. The normalized spacial score (nSPS) is 30.1. The average Bonchev–Trinajstić information content (AvgIpc) is 3.53. The number of fused-ring (bicyclic) bond motifs is 2. The van der Waals surface area contributed by atoms with Crippen LogP contribution in [0, 0.1) is 29.1 Å². The van der Waals surface area contributed by atoms with E-state index in [4.69, 9.17) is 25.3 Å². The highest BCUT2D eigenvalue weighted by atomic mass is 16.6. The van der Waals surface area contributed by atoms with Crippen LogP contribution in [0.5, 0.6) is 0 Å². The molecule has 3 aliphatic rings. The van der Waals surface area contributed by atoms with E-state index in [0.29, 0.717) is 23.7 Å². The molecule has 2 N–H and O–H groups in total. The first kappa shape index (κ1) is 26.6. The van der Waals surface area contributed by atoms with Gasteiger partial charge in [-0.05, 0) is 75.8 Å². The van der Waals surface area contributed by atoms with Gasteiger partial charge < -0.3 is 15.2 Å². The second kappa shape index (κ2) is 9.63. The second-order valence-corrected chi connectivity index (χ2v) is 12.5. The summed E-state index contributed by atoms with van der Waals surface area (Å²) in [4.78, 5) is 45.8. The molecule has 0 unspecified atom stereocenters. The van der Waals surface area contributed by atoms with Gasteiger partial charge in [0, 0.05) is 13.0 Å². The summed E-state index contributed by atoms with van der Waals surface area (Å²) in [6, 6.07) is 3.45. The highest BCUT2D eigenvalue weighted by Gasteiger charge is 2.68. The van der Waals surface area contributed by atoms with Crippen molar-refractivity contribution in [2.75, 3.05) is 13.7 Å². The number of hydrogen-bond acceptors (Lipinski definition) is 8. The van der Waals surface area contributed by atoms with E-state index in [2.05, 4.69) is 6.92 Å². The molecule has 10 heteroatoms. The van der Waals surface area contributed by atoms with E-state index in [-0.39, 0.29) is 30.8 Å². The number of methoxy groups -OCH3 is 1. The molecule has 1 aliphatic heterocycles. The number of carbonyl (C=O) groups is 3. The quantitative estimate of drug-likeness (QED) is 0.462. The Morgan fingerprint density at radius 3 is 2.58 bits per heavy atom. The van der Waals surface area contributed by atoms with E-state index in [9.17, 15) is 14.4 Å². The molecule has 2 aromatic heterocycles. The van der Waals surface area contributed by atoms with Crippen molar-refractivity contribution in [2.24, 2.45) is 34.8 Å². The zero-order valence-electron chi connectivity index (χ0n) is 23.0. The molecule has 2 amide bonds. The van der Waals surface area contributed by atoms with E-state index in [0.717, 1.165) is 29.4 Å². The molecule has 38 heavy (non-hydrogen) atoms. The lowest BCUT2D eigenvalue weighted by molar-refractivity contribution is -0.167. The molecule has 4 atom stereocenters. The Labute approximate surface area is 223 Å². The molecular formula is C28H39N5O5. The Kier molecular flexibility index (Phi) is 6.74. The number of imidazole rings is 1. The molecule has 1 saturated heterocycles. The Balaban J connectivity index is 1.42. The lowest BCUT2D eigenvalue weighted by atomic mass is 9.74. The van der Waals surface area contributed by atoms with Crippen molar-refractivity contribution in [3.05, 3.63) is 29.7 Å². The summed E-state index contributed by atoms with van der Waals surface area (Å²) in [7, 11) is 1.27. The van der Waals surface area contributed by atoms with Crippen molar-refractivity contribution in [1.82, 2.24) is 19.5 Å². The summed E-state index contributed by atoms with van der Waals surface area (Å²) >= 11 is 0. The number of nitrogens with two attached hydrogens (primary N) is 1. The van der Waals surface area contributed by atoms with Gasteiger partial charge in [-0.25, -0.2) is 19.2 Å². The second-order valence-electron chi connectivity index (χ2n) is 12.5. The van der Waals surface area contributed by atoms with Crippen molar-refractivity contribution < 1.29 is 23.9 Å². The molecule has 0 spiro atoms. The molecule has 2 aliphatic carbocycles. The van der Waals surface area contributed by atoms with Crippen LogP contribution < -0.4 is 5.73 Å². The minimum Gasteiger partial charge on any atom is -0.468 e.